The Morgan fingerprint density at radius 2 is 1.60 bits per heavy atom. The minimum atomic E-state index is -1.17. The topological polar surface area (TPSA) is 237 Å². The Balaban J connectivity index is 1.63. The largest absolute Gasteiger partial charge is 0.459 e. The highest BCUT2D eigenvalue weighted by atomic mass is 16.7. The Labute approximate surface area is 289 Å². The zero-order valence-corrected chi connectivity index (χ0v) is 28.0. The standard InChI is InChI=1S/C33H44N8O9/c1-22(2)28(31(45)49-20-23-11-5-3-6-12-23)38-29(43)25(15-9-17-35-32(34)39-41(47)48)37-30(44)26-16-10-18-40(26)27(42)19-36-33(46)50-21-24-13-7-4-8-14-24/h3-8,11-14,22,25-26,28H,9-10,15-21H2,1-2H3,(H,36,46)(H,37,44)(H,38,43)(H3,34,35,39)/t25-,26-,28-/m0/s1. The summed E-state index contributed by atoms with van der Waals surface area (Å²) in [6.07, 6.45) is 0.229. The molecule has 0 aromatic heterocycles. The van der Waals surface area contributed by atoms with Crippen molar-refractivity contribution in [3.05, 3.63) is 81.9 Å². The lowest BCUT2D eigenvalue weighted by molar-refractivity contribution is -0.525. The molecule has 2 aromatic carbocycles. The Bertz CT molecular complexity index is 1490. The lowest BCUT2D eigenvalue weighted by Gasteiger charge is -2.28. The number of nitrogens with two attached hydrogens (primary N) is 1. The molecule has 270 valence electrons. The van der Waals surface area contributed by atoms with E-state index in [0.717, 1.165) is 11.1 Å². The van der Waals surface area contributed by atoms with Gasteiger partial charge in [-0.25, -0.2) is 24.7 Å². The van der Waals surface area contributed by atoms with Crippen LogP contribution in [0.5, 0.6) is 0 Å². The summed E-state index contributed by atoms with van der Waals surface area (Å²) in [5.74, 6) is -3.25. The van der Waals surface area contributed by atoms with Crippen molar-refractivity contribution in [2.24, 2.45) is 16.6 Å². The molecule has 3 rings (SSSR count). The highest BCUT2D eigenvalue weighted by Gasteiger charge is 2.37. The molecule has 0 unspecified atom stereocenters. The second-order valence-corrected chi connectivity index (χ2v) is 11.8. The highest BCUT2D eigenvalue weighted by Crippen LogP contribution is 2.18. The maximum absolute atomic E-state index is 13.6. The van der Waals surface area contributed by atoms with Gasteiger partial charge in [0.25, 0.3) is 5.96 Å². The number of aliphatic imine (C=N–C) groups is 1. The number of esters is 1. The number of nitro groups is 1. The Hall–Kier alpha value is -5.74. The zero-order chi connectivity index (χ0) is 36.5. The number of carbonyl (C=O) groups excluding carboxylic acids is 5. The average molecular weight is 697 g/mol. The summed E-state index contributed by atoms with van der Waals surface area (Å²) in [5.41, 5.74) is 8.74. The predicted molar refractivity (Wildman–Crippen MR) is 180 cm³/mol. The smallest absolute Gasteiger partial charge is 0.407 e. The van der Waals surface area contributed by atoms with E-state index in [-0.39, 0.29) is 45.1 Å². The number of hydrogen-bond donors (Lipinski definition) is 5. The first kappa shape index (κ1) is 38.7. The average Bonchev–Trinajstić information content (AvgIpc) is 3.60. The molecule has 0 spiro atoms. The predicted octanol–water partition coefficient (Wildman–Crippen LogP) is 1.15. The van der Waals surface area contributed by atoms with E-state index >= 15 is 0 Å². The van der Waals surface area contributed by atoms with Crippen LogP contribution in [0.3, 0.4) is 0 Å². The van der Waals surface area contributed by atoms with Crippen LogP contribution in [0.15, 0.2) is 65.7 Å². The molecule has 0 saturated carbocycles. The number of ether oxygens (including phenoxy) is 2. The van der Waals surface area contributed by atoms with Gasteiger partial charge in [-0.3, -0.25) is 14.4 Å². The van der Waals surface area contributed by atoms with Gasteiger partial charge in [-0.2, -0.15) is 0 Å². The van der Waals surface area contributed by atoms with Crippen molar-refractivity contribution in [2.75, 3.05) is 19.6 Å². The van der Waals surface area contributed by atoms with Gasteiger partial charge in [0, 0.05) is 13.1 Å². The number of nitrogens with zero attached hydrogens (tertiary/aromatic N) is 3. The number of amides is 4. The maximum Gasteiger partial charge on any atom is 0.407 e. The molecular formula is C33H44N8O9. The summed E-state index contributed by atoms with van der Waals surface area (Å²) in [6.45, 7) is 3.33. The number of guanidine groups is 1. The molecule has 3 atom stereocenters. The number of nitrogens with one attached hydrogen (secondary N) is 4. The van der Waals surface area contributed by atoms with Crippen molar-refractivity contribution < 1.29 is 38.5 Å². The van der Waals surface area contributed by atoms with Crippen LogP contribution in [0.2, 0.25) is 0 Å². The lowest BCUT2D eigenvalue weighted by Crippen LogP contribution is -2.56. The van der Waals surface area contributed by atoms with E-state index < -0.39 is 65.4 Å². The van der Waals surface area contributed by atoms with Crippen LogP contribution in [0.4, 0.5) is 4.79 Å². The third kappa shape index (κ3) is 13.0. The number of alkyl carbamates (subject to hydrolysis) is 1. The van der Waals surface area contributed by atoms with Crippen LogP contribution in [0.1, 0.15) is 50.7 Å². The number of carbonyl (C=O) groups is 5. The zero-order valence-electron chi connectivity index (χ0n) is 28.0. The van der Waals surface area contributed by atoms with Crippen LogP contribution in [0.25, 0.3) is 0 Å². The summed E-state index contributed by atoms with van der Waals surface area (Å²) >= 11 is 0. The first-order valence-electron chi connectivity index (χ1n) is 16.2. The molecule has 17 nitrogen and oxygen atoms in total. The summed E-state index contributed by atoms with van der Waals surface area (Å²) in [5, 5.41) is 17.5. The highest BCUT2D eigenvalue weighted by molar-refractivity contribution is 5.94. The Kier molecular flexibility index (Phi) is 15.4. The van der Waals surface area contributed by atoms with Crippen LogP contribution in [-0.4, -0.2) is 83.4 Å². The van der Waals surface area contributed by atoms with E-state index in [1.165, 1.54) is 4.90 Å². The number of benzene rings is 2. The van der Waals surface area contributed by atoms with Crippen LogP contribution in [0, 0.1) is 16.0 Å². The van der Waals surface area contributed by atoms with Crippen LogP contribution < -0.4 is 27.1 Å². The maximum atomic E-state index is 13.6. The molecular weight excluding hydrogens is 652 g/mol. The monoisotopic (exact) mass is 696 g/mol. The fourth-order valence-corrected chi connectivity index (χ4v) is 5.09. The van der Waals surface area contributed by atoms with Crippen LogP contribution in [-0.2, 0) is 41.9 Å². The molecule has 0 radical (unpaired) electrons. The van der Waals surface area contributed by atoms with Crippen molar-refractivity contribution in [2.45, 2.75) is 70.9 Å². The summed E-state index contributed by atoms with van der Waals surface area (Å²) in [7, 11) is 0. The summed E-state index contributed by atoms with van der Waals surface area (Å²) < 4.78 is 10.6. The fraction of sp³-hybridized carbons (Fsp3) is 0.455. The Morgan fingerprint density at radius 3 is 2.20 bits per heavy atom. The third-order valence-electron chi connectivity index (χ3n) is 7.69. The fourth-order valence-electron chi connectivity index (χ4n) is 5.09. The number of likely N-dealkylation sites (tertiary alicyclic amines) is 1. The van der Waals surface area contributed by atoms with Crippen molar-refractivity contribution in [1.82, 2.24) is 26.3 Å². The summed E-state index contributed by atoms with van der Waals surface area (Å²) in [4.78, 5) is 81.1. The normalized spacial score (nSPS) is 15.4. The van der Waals surface area contributed by atoms with E-state index in [9.17, 15) is 34.1 Å². The van der Waals surface area contributed by atoms with Gasteiger partial charge in [-0.1, -0.05) is 79.9 Å². The quantitative estimate of drug-likeness (QED) is 0.0393. The number of hydrazine groups is 1. The molecule has 50 heavy (non-hydrogen) atoms. The number of rotatable bonds is 17. The number of hydrogen-bond acceptors (Lipinski definition) is 10. The molecule has 0 bridgehead atoms. The van der Waals surface area contributed by atoms with Gasteiger partial charge in [0.2, 0.25) is 17.7 Å². The van der Waals surface area contributed by atoms with Gasteiger partial charge in [-0.05, 0) is 42.7 Å². The van der Waals surface area contributed by atoms with Gasteiger partial charge < -0.3 is 36.1 Å². The SMILES string of the molecule is CC(C)[C@H](NC(=O)[C@H](CCCN=C(N)N[N+](=O)[O-])NC(=O)[C@@H]1CCCN1C(=O)CNC(=O)OCc1ccccc1)C(=O)OCc1ccccc1. The molecule has 1 aliphatic heterocycles. The van der Waals surface area contributed by atoms with Gasteiger partial charge in [-0.15, -0.1) is 0 Å². The first-order chi connectivity index (χ1) is 23.9. The third-order valence-corrected chi connectivity index (χ3v) is 7.69. The van der Waals surface area contributed by atoms with Crippen LogP contribution >= 0.6 is 0 Å². The van der Waals surface area contributed by atoms with Gasteiger partial charge in [0.1, 0.15) is 37.9 Å². The van der Waals surface area contributed by atoms with E-state index in [0.29, 0.717) is 12.8 Å². The second-order valence-electron chi connectivity index (χ2n) is 11.8. The van der Waals surface area contributed by atoms with E-state index in [2.05, 4.69) is 20.9 Å². The van der Waals surface area contributed by atoms with Crippen molar-refractivity contribution in [1.29, 1.82) is 0 Å². The molecule has 2 aromatic rings. The van der Waals surface area contributed by atoms with Crippen molar-refractivity contribution >= 4 is 35.7 Å². The summed E-state index contributed by atoms with van der Waals surface area (Å²) in [6, 6.07) is 14.9. The minimum absolute atomic E-state index is 0.00167. The lowest BCUT2D eigenvalue weighted by atomic mass is 10.0. The molecule has 17 heteroatoms. The molecule has 1 fully saturated rings. The molecule has 0 aliphatic carbocycles. The van der Waals surface area contributed by atoms with Gasteiger partial charge in [0.15, 0.2) is 5.03 Å². The first-order valence-corrected chi connectivity index (χ1v) is 16.2. The van der Waals surface area contributed by atoms with E-state index in [1.807, 2.05) is 12.1 Å². The van der Waals surface area contributed by atoms with Crippen molar-refractivity contribution in [3.8, 4) is 0 Å². The second kappa shape index (κ2) is 19.9. The Morgan fingerprint density at radius 1 is 0.980 bits per heavy atom. The molecule has 4 amide bonds. The molecule has 6 N–H and O–H groups in total. The molecule has 1 heterocycles. The van der Waals surface area contributed by atoms with E-state index in [4.69, 9.17) is 15.2 Å². The molecule has 1 saturated heterocycles. The molecule has 1 aliphatic rings. The van der Waals surface area contributed by atoms with Gasteiger partial charge in [0.05, 0.1) is 0 Å². The van der Waals surface area contributed by atoms with Gasteiger partial charge >= 0.3 is 12.1 Å². The van der Waals surface area contributed by atoms with E-state index in [1.54, 1.807) is 67.8 Å². The minimum Gasteiger partial charge on any atom is -0.459 e. The van der Waals surface area contributed by atoms with Crippen molar-refractivity contribution in [3.63, 3.8) is 0 Å².